The minimum Gasteiger partial charge on any atom is -0.468 e. The van der Waals surface area contributed by atoms with E-state index in [1.165, 1.54) is 7.11 Å². The Hall–Kier alpha value is -1.55. The highest BCUT2D eigenvalue weighted by Gasteiger charge is 2.17. The van der Waals surface area contributed by atoms with Crippen molar-refractivity contribution < 1.29 is 14.3 Å². The zero-order valence-electron chi connectivity index (χ0n) is 10.6. The summed E-state index contributed by atoms with van der Waals surface area (Å²) in [5.74, 6) is -0.811. The number of hydrogen-bond donors (Lipinski definition) is 1. The Morgan fingerprint density at radius 1 is 1.28 bits per heavy atom. The SMILES string of the molecule is COC(=O)C(Cl)CNC(=O)c1cc(C)cc(C)c1. The molecule has 0 saturated carbocycles. The quantitative estimate of drug-likeness (QED) is 0.670. The van der Waals surface area contributed by atoms with Crippen LogP contribution in [-0.2, 0) is 9.53 Å². The number of aryl methyl sites for hydroxylation is 2. The number of benzene rings is 1. The second-order valence-electron chi connectivity index (χ2n) is 4.08. The van der Waals surface area contributed by atoms with Crippen molar-refractivity contribution in [2.75, 3.05) is 13.7 Å². The van der Waals surface area contributed by atoms with Crippen LogP contribution < -0.4 is 5.32 Å². The van der Waals surface area contributed by atoms with E-state index < -0.39 is 11.3 Å². The number of methoxy groups -OCH3 is 1. The fraction of sp³-hybridized carbons (Fsp3) is 0.385. The van der Waals surface area contributed by atoms with E-state index in [4.69, 9.17) is 11.6 Å². The lowest BCUT2D eigenvalue weighted by Crippen LogP contribution is -2.34. The number of halogens is 1. The van der Waals surface area contributed by atoms with Crippen LogP contribution in [-0.4, -0.2) is 30.9 Å². The van der Waals surface area contributed by atoms with Gasteiger partial charge in [0.05, 0.1) is 7.11 Å². The van der Waals surface area contributed by atoms with Crippen molar-refractivity contribution in [2.45, 2.75) is 19.2 Å². The average molecular weight is 270 g/mol. The van der Waals surface area contributed by atoms with Gasteiger partial charge in [0.2, 0.25) is 0 Å². The molecule has 5 heteroatoms. The molecule has 4 nitrogen and oxygen atoms in total. The van der Waals surface area contributed by atoms with Crippen molar-refractivity contribution in [3.8, 4) is 0 Å². The molecule has 0 bridgehead atoms. The summed E-state index contributed by atoms with van der Waals surface area (Å²) in [6.45, 7) is 3.88. The number of ether oxygens (including phenoxy) is 1. The van der Waals surface area contributed by atoms with E-state index in [1.54, 1.807) is 12.1 Å². The predicted molar refractivity (Wildman–Crippen MR) is 69.9 cm³/mol. The Labute approximate surface area is 111 Å². The van der Waals surface area contributed by atoms with Gasteiger partial charge in [-0.25, -0.2) is 0 Å². The largest absolute Gasteiger partial charge is 0.468 e. The summed E-state index contributed by atoms with van der Waals surface area (Å²) in [4.78, 5) is 22.9. The number of hydrogen-bond acceptors (Lipinski definition) is 3. The molecule has 1 aromatic rings. The summed E-state index contributed by atoms with van der Waals surface area (Å²) in [5.41, 5.74) is 2.58. The van der Waals surface area contributed by atoms with Crippen LogP contribution >= 0.6 is 11.6 Å². The van der Waals surface area contributed by atoms with Crippen molar-refractivity contribution in [3.05, 3.63) is 34.9 Å². The monoisotopic (exact) mass is 269 g/mol. The van der Waals surface area contributed by atoms with E-state index in [0.29, 0.717) is 5.56 Å². The van der Waals surface area contributed by atoms with Crippen LogP contribution in [0.1, 0.15) is 21.5 Å². The maximum absolute atomic E-state index is 11.8. The molecule has 0 radical (unpaired) electrons. The molecule has 0 fully saturated rings. The number of alkyl halides is 1. The third kappa shape index (κ3) is 4.04. The van der Waals surface area contributed by atoms with Crippen LogP contribution in [0, 0.1) is 13.8 Å². The number of carbonyl (C=O) groups excluding carboxylic acids is 2. The fourth-order valence-electron chi connectivity index (χ4n) is 1.60. The lowest BCUT2D eigenvalue weighted by atomic mass is 10.1. The summed E-state index contributed by atoms with van der Waals surface area (Å²) < 4.78 is 4.47. The maximum Gasteiger partial charge on any atom is 0.325 e. The van der Waals surface area contributed by atoms with Gasteiger partial charge in [-0.05, 0) is 26.0 Å². The maximum atomic E-state index is 11.8. The first-order valence-electron chi connectivity index (χ1n) is 5.52. The fourth-order valence-corrected chi connectivity index (χ4v) is 1.77. The van der Waals surface area contributed by atoms with Gasteiger partial charge in [0, 0.05) is 12.1 Å². The Kier molecular flexibility index (Phi) is 5.16. The van der Waals surface area contributed by atoms with Gasteiger partial charge in [-0.15, -0.1) is 11.6 Å². The molecule has 18 heavy (non-hydrogen) atoms. The minimum atomic E-state index is -0.871. The molecular formula is C13H16ClNO3. The molecule has 1 rings (SSSR count). The van der Waals surface area contributed by atoms with Crippen molar-refractivity contribution in [1.29, 1.82) is 0 Å². The molecule has 0 spiro atoms. The van der Waals surface area contributed by atoms with Gasteiger partial charge in [0.1, 0.15) is 5.38 Å². The molecule has 1 atom stereocenters. The highest BCUT2D eigenvalue weighted by molar-refractivity contribution is 6.30. The summed E-state index contributed by atoms with van der Waals surface area (Å²) in [6, 6.07) is 5.54. The van der Waals surface area contributed by atoms with Crippen LogP contribution in [0.15, 0.2) is 18.2 Å². The number of nitrogens with one attached hydrogen (secondary N) is 1. The number of amides is 1. The molecular weight excluding hydrogens is 254 g/mol. The molecule has 1 N–H and O–H groups in total. The van der Waals surface area contributed by atoms with Gasteiger partial charge in [-0.3, -0.25) is 9.59 Å². The van der Waals surface area contributed by atoms with Gasteiger partial charge < -0.3 is 10.1 Å². The first-order valence-corrected chi connectivity index (χ1v) is 5.96. The highest BCUT2D eigenvalue weighted by atomic mass is 35.5. The summed E-state index contributed by atoms with van der Waals surface area (Å²) in [6.07, 6.45) is 0. The van der Waals surface area contributed by atoms with E-state index in [-0.39, 0.29) is 12.5 Å². The van der Waals surface area contributed by atoms with Crippen molar-refractivity contribution >= 4 is 23.5 Å². The Balaban J connectivity index is 2.63. The van der Waals surface area contributed by atoms with Crippen LogP contribution in [0.25, 0.3) is 0 Å². The van der Waals surface area contributed by atoms with Crippen LogP contribution in [0.4, 0.5) is 0 Å². The van der Waals surface area contributed by atoms with E-state index in [1.807, 2.05) is 19.9 Å². The van der Waals surface area contributed by atoms with Gasteiger partial charge in [0.25, 0.3) is 5.91 Å². The average Bonchev–Trinajstić information content (AvgIpc) is 2.33. The number of rotatable bonds is 4. The molecule has 0 aliphatic carbocycles. The topological polar surface area (TPSA) is 55.4 Å². The normalized spacial score (nSPS) is 11.8. The number of esters is 1. The van der Waals surface area contributed by atoms with Crippen LogP contribution in [0.5, 0.6) is 0 Å². The predicted octanol–water partition coefficient (Wildman–Crippen LogP) is 1.81. The van der Waals surface area contributed by atoms with E-state index >= 15 is 0 Å². The molecule has 0 saturated heterocycles. The standard InChI is InChI=1S/C13H16ClNO3/c1-8-4-9(2)6-10(5-8)12(16)15-7-11(14)13(17)18-3/h4-6,11H,7H2,1-3H3,(H,15,16). The van der Waals surface area contributed by atoms with Crippen molar-refractivity contribution in [1.82, 2.24) is 5.32 Å². The van der Waals surface area contributed by atoms with E-state index in [9.17, 15) is 9.59 Å². The minimum absolute atomic E-state index is 0.0417. The Morgan fingerprint density at radius 3 is 2.33 bits per heavy atom. The van der Waals surface area contributed by atoms with Crippen LogP contribution in [0.2, 0.25) is 0 Å². The first-order chi connectivity index (χ1) is 8.43. The molecule has 0 aromatic heterocycles. The zero-order chi connectivity index (χ0) is 13.7. The van der Waals surface area contributed by atoms with Gasteiger partial charge >= 0.3 is 5.97 Å². The first kappa shape index (κ1) is 14.5. The lowest BCUT2D eigenvalue weighted by Gasteiger charge is -2.10. The number of carbonyl (C=O) groups is 2. The van der Waals surface area contributed by atoms with Crippen molar-refractivity contribution in [3.63, 3.8) is 0 Å². The van der Waals surface area contributed by atoms with Crippen molar-refractivity contribution in [2.24, 2.45) is 0 Å². The third-order valence-corrected chi connectivity index (χ3v) is 2.72. The molecule has 98 valence electrons. The van der Waals surface area contributed by atoms with Crippen LogP contribution in [0.3, 0.4) is 0 Å². The molecule has 1 aromatic carbocycles. The van der Waals surface area contributed by atoms with Gasteiger partial charge in [0.15, 0.2) is 0 Å². The van der Waals surface area contributed by atoms with Gasteiger partial charge in [-0.1, -0.05) is 17.2 Å². The summed E-state index contributed by atoms with van der Waals surface area (Å²) >= 11 is 5.74. The summed E-state index contributed by atoms with van der Waals surface area (Å²) in [7, 11) is 1.25. The molecule has 1 unspecified atom stereocenters. The van der Waals surface area contributed by atoms with Gasteiger partial charge in [-0.2, -0.15) is 0 Å². The molecule has 1 amide bonds. The lowest BCUT2D eigenvalue weighted by molar-refractivity contribution is -0.140. The van der Waals surface area contributed by atoms with E-state index in [2.05, 4.69) is 10.1 Å². The summed E-state index contributed by atoms with van der Waals surface area (Å²) in [5, 5.41) is 1.73. The zero-order valence-corrected chi connectivity index (χ0v) is 11.4. The second-order valence-corrected chi connectivity index (χ2v) is 4.60. The molecule has 0 heterocycles. The van der Waals surface area contributed by atoms with E-state index in [0.717, 1.165) is 11.1 Å². The smallest absolute Gasteiger partial charge is 0.325 e. The second kappa shape index (κ2) is 6.40. The Bertz CT molecular complexity index is 439. The molecule has 0 aliphatic rings. The third-order valence-electron chi connectivity index (χ3n) is 2.38. The molecule has 0 aliphatic heterocycles. The Morgan fingerprint density at radius 2 is 1.83 bits per heavy atom. The highest BCUT2D eigenvalue weighted by Crippen LogP contribution is 2.09.